The van der Waals surface area contributed by atoms with Gasteiger partial charge in [-0.1, -0.05) is 0 Å². The number of hydrogen-bond donors (Lipinski definition) is 1. The number of carboxylic acid groups (broad SMARTS) is 1. The predicted molar refractivity (Wildman–Crippen MR) is 47.1 cm³/mol. The summed E-state index contributed by atoms with van der Waals surface area (Å²) in [6.07, 6.45) is 0. The van der Waals surface area contributed by atoms with Crippen molar-refractivity contribution >= 4 is 29.1 Å². The molecule has 0 aromatic carbocycles. The van der Waals surface area contributed by atoms with Crippen LogP contribution < -0.4 is 0 Å². The molecule has 0 rings (SSSR count). The summed E-state index contributed by atoms with van der Waals surface area (Å²) >= 11 is 0. The van der Waals surface area contributed by atoms with Gasteiger partial charge in [0.25, 0.3) is 5.78 Å². The Labute approximate surface area is 85.3 Å². The van der Waals surface area contributed by atoms with Gasteiger partial charge in [0.1, 0.15) is 0 Å². The minimum atomic E-state index is -2.67. The summed E-state index contributed by atoms with van der Waals surface area (Å²) in [6, 6.07) is 0. The van der Waals surface area contributed by atoms with Crippen LogP contribution in [0, 0.1) is 5.41 Å². The molecule has 82 valence electrons. The number of carbonyl (C=O) groups is 5. The molecule has 1 N–H and O–H groups in total. The zero-order valence-corrected chi connectivity index (χ0v) is 8.49. The third kappa shape index (κ3) is 1.83. The summed E-state index contributed by atoms with van der Waals surface area (Å²) in [5, 5.41) is 8.46. The normalized spacial score (nSPS) is 10.6. The second-order valence-electron chi connectivity index (χ2n) is 3.05. The molecule has 0 aliphatic heterocycles. The van der Waals surface area contributed by atoms with E-state index in [1.165, 1.54) is 0 Å². The SMILES string of the molecule is CC(=O)C(C(C)=O)(C(C)=O)C(=O)C(=O)O. The number of ketones is 4. The Balaban J connectivity index is 5.87. The molecular weight excluding hydrogens is 204 g/mol. The van der Waals surface area contributed by atoms with E-state index in [0.717, 1.165) is 20.8 Å². The van der Waals surface area contributed by atoms with Crippen molar-refractivity contribution in [3.05, 3.63) is 0 Å². The summed E-state index contributed by atoms with van der Waals surface area (Å²) in [4.78, 5) is 55.2. The first kappa shape index (κ1) is 13.2. The van der Waals surface area contributed by atoms with Gasteiger partial charge in [0.15, 0.2) is 17.3 Å². The van der Waals surface area contributed by atoms with Crippen molar-refractivity contribution < 1.29 is 29.1 Å². The van der Waals surface area contributed by atoms with E-state index in [1.807, 2.05) is 0 Å². The lowest BCUT2D eigenvalue weighted by Crippen LogP contribution is -2.52. The highest BCUT2D eigenvalue weighted by Crippen LogP contribution is 2.23. The zero-order valence-electron chi connectivity index (χ0n) is 8.49. The lowest BCUT2D eigenvalue weighted by Gasteiger charge is -2.21. The average Bonchev–Trinajstić information content (AvgIpc) is 2.02. The lowest BCUT2D eigenvalue weighted by molar-refractivity contribution is -0.162. The monoisotopic (exact) mass is 214 g/mol. The Hall–Kier alpha value is -1.85. The molecule has 6 heteroatoms. The van der Waals surface area contributed by atoms with E-state index in [2.05, 4.69) is 0 Å². The van der Waals surface area contributed by atoms with E-state index in [-0.39, 0.29) is 0 Å². The molecule has 0 fully saturated rings. The average molecular weight is 214 g/mol. The van der Waals surface area contributed by atoms with Crippen molar-refractivity contribution in [3.63, 3.8) is 0 Å². The molecule has 0 aromatic rings. The van der Waals surface area contributed by atoms with Crippen LogP contribution in [0.15, 0.2) is 0 Å². The van der Waals surface area contributed by atoms with Gasteiger partial charge in [0.05, 0.1) is 0 Å². The van der Waals surface area contributed by atoms with Crippen LogP contribution in [0.25, 0.3) is 0 Å². The summed E-state index contributed by atoms with van der Waals surface area (Å²) in [6.45, 7) is 2.51. The fourth-order valence-electron chi connectivity index (χ4n) is 1.38. The molecule has 0 amide bonds. The summed E-state index contributed by atoms with van der Waals surface area (Å²) in [5.74, 6) is -6.90. The highest BCUT2D eigenvalue weighted by molar-refractivity contribution is 6.52. The molecule has 0 saturated carbocycles. The van der Waals surface area contributed by atoms with E-state index in [1.54, 1.807) is 0 Å². The van der Waals surface area contributed by atoms with Crippen molar-refractivity contribution in [3.8, 4) is 0 Å². The molecule has 0 unspecified atom stereocenters. The van der Waals surface area contributed by atoms with Gasteiger partial charge < -0.3 is 5.11 Å². The van der Waals surface area contributed by atoms with Crippen LogP contribution in [0.4, 0.5) is 0 Å². The Kier molecular flexibility index (Phi) is 3.61. The Bertz CT molecular complexity index is 329. The number of carbonyl (C=O) groups excluding carboxylic acids is 4. The summed E-state index contributed by atoms with van der Waals surface area (Å²) in [5.41, 5.74) is -2.67. The van der Waals surface area contributed by atoms with E-state index in [4.69, 9.17) is 5.11 Å². The highest BCUT2D eigenvalue weighted by atomic mass is 16.4. The summed E-state index contributed by atoms with van der Waals surface area (Å²) < 4.78 is 0. The predicted octanol–water partition coefficient (Wildman–Crippen LogP) is -0.606. The van der Waals surface area contributed by atoms with Crippen molar-refractivity contribution in [2.75, 3.05) is 0 Å². The van der Waals surface area contributed by atoms with Gasteiger partial charge in [-0.05, 0) is 20.8 Å². The minimum Gasteiger partial charge on any atom is -0.475 e. The fraction of sp³-hybridized carbons (Fsp3) is 0.444. The molecular formula is C9H10O6. The van der Waals surface area contributed by atoms with Crippen LogP contribution in [-0.4, -0.2) is 34.2 Å². The maximum Gasteiger partial charge on any atom is 0.374 e. The maximum atomic E-state index is 11.2. The van der Waals surface area contributed by atoms with Gasteiger partial charge in [0.2, 0.25) is 5.41 Å². The number of rotatable bonds is 5. The number of aliphatic carboxylic acids is 1. The van der Waals surface area contributed by atoms with Crippen molar-refractivity contribution in [2.24, 2.45) is 5.41 Å². The van der Waals surface area contributed by atoms with Crippen molar-refractivity contribution in [1.82, 2.24) is 0 Å². The molecule has 0 heterocycles. The zero-order chi connectivity index (χ0) is 12.4. The van der Waals surface area contributed by atoms with Gasteiger partial charge in [-0.3, -0.25) is 19.2 Å². The largest absolute Gasteiger partial charge is 0.475 e. The minimum absolute atomic E-state index is 0.837. The maximum absolute atomic E-state index is 11.2. The molecule has 0 spiro atoms. The number of carboxylic acids is 1. The quantitative estimate of drug-likeness (QED) is 0.483. The molecule has 0 atom stereocenters. The number of Topliss-reactive ketones (excluding diaryl/α,β-unsaturated/α-hetero) is 4. The Morgan fingerprint density at radius 2 is 1.07 bits per heavy atom. The second-order valence-corrected chi connectivity index (χ2v) is 3.05. The van der Waals surface area contributed by atoms with E-state index in [9.17, 15) is 24.0 Å². The van der Waals surface area contributed by atoms with Gasteiger partial charge in [-0.25, -0.2) is 4.79 Å². The van der Waals surface area contributed by atoms with E-state index < -0.39 is 34.5 Å². The molecule has 15 heavy (non-hydrogen) atoms. The van der Waals surface area contributed by atoms with E-state index >= 15 is 0 Å². The summed E-state index contributed by atoms with van der Waals surface area (Å²) in [7, 11) is 0. The topological polar surface area (TPSA) is 106 Å². The number of hydrogen-bond acceptors (Lipinski definition) is 5. The standard InChI is InChI=1S/C9H10O6/c1-4(10)9(5(2)11,6(3)12)7(13)8(14)15/h1-3H3,(H,14,15). The Morgan fingerprint density at radius 3 is 1.13 bits per heavy atom. The van der Waals surface area contributed by atoms with Crippen LogP contribution in [0.5, 0.6) is 0 Å². The van der Waals surface area contributed by atoms with E-state index in [0.29, 0.717) is 0 Å². The first-order chi connectivity index (χ1) is 6.68. The molecule has 0 aliphatic rings. The molecule has 0 bridgehead atoms. The molecule has 0 radical (unpaired) electrons. The van der Waals surface area contributed by atoms with Gasteiger partial charge in [-0.2, -0.15) is 0 Å². The fourth-order valence-corrected chi connectivity index (χ4v) is 1.38. The van der Waals surface area contributed by atoms with Crippen LogP contribution in [0.1, 0.15) is 20.8 Å². The van der Waals surface area contributed by atoms with Gasteiger partial charge in [0, 0.05) is 0 Å². The van der Waals surface area contributed by atoms with Crippen LogP contribution in [-0.2, 0) is 24.0 Å². The molecule has 0 aromatic heterocycles. The molecule has 0 aliphatic carbocycles. The van der Waals surface area contributed by atoms with Crippen molar-refractivity contribution in [2.45, 2.75) is 20.8 Å². The molecule has 0 saturated heterocycles. The third-order valence-corrected chi connectivity index (χ3v) is 2.12. The van der Waals surface area contributed by atoms with Crippen LogP contribution in [0.2, 0.25) is 0 Å². The first-order valence-corrected chi connectivity index (χ1v) is 3.99. The molecule has 6 nitrogen and oxygen atoms in total. The van der Waals surface area contributed by atoms with Crippen LogP contribution in [0.3, 0.4) is 0 Å². The highest BCUT2D eigenvalue weighted by Gasteiger charge is 2.55. The van der Waals surface area contributed by atoms with Crippen LogP contribution >= 0.6 is 0 Å². The van der Waals surface area contributed by atoms with Gasteiger partial charge in [-0.15, -0.1) is 0 Å². The first-order valence-electron chi connectivity index (χ1n) is 3.99. The lowest BCUT2D eigenvalue weighted by atomic mass is 9.73. The van der Waals surface area contributed by atoms with Crippen molar-refractivity contribution in [1.29, 1.82) is 0 Å². The second kappa shape index (κ2) is 4.12. The smallest absolute Gasteiger partial charge is 0.374 e. The Morgan fingerprint density at radius 1 is 0.800 bits per heavy atom. The van der Waals surface area contributed by atoms with Gasteiger partial charge >= 0.3 is 5.97 Å². The third-order valence-electron chi connectivity index (χ3n) is 2.12.